The summed E-state index contributed by atoms with van der Waals surface area (Å²) in [6, 6.07) is 13.3. The summed E-state index contributed by atoms with van der Waals surface area (Å²) in [5.74, 6) is 0.914. The van der Waals surface area contributed by atoms with Crippen LogP contribution in [0.15, 0.2) is 51.8 Å². The molecule has 3 rings (SSSR count). The second-order valence-electron chi connectivity index (χ2n) is 5.75. The van der Waals surface area contributed by atoms with Gasteiger partial charge >= 0.3 is 0 Å². The lowest BCUT2D eigenvalue weighted by Gasteiger charge is -2.12. The van der Waals surface area contributed by atoms with E-state index in [2.05, 4.69) is 15.9 Å². The molecule has 0 unspecified atom stereocenters. The molecule has 0 bridgehead atoms. The summed E-state index contributed by atoms with van der Waals surface area (Å²) in [6.07, 6.45) is 1.70. The summed E-state index contributed by atoms with van der Waals surface area (Å²) in [5, 5.41) is -0.241. The number of imide groups is 1. The molecule has 0 aliphatic carbocycles. The summed E-state index contributed by atoms with van der Waals surface area (Å²) in [4.78, 5) is 25.7. The Morgan fingerprint density at radius 1 is 1.11 bits per heavy atom. The third kappa shape index (κ3) is 4.54. The summed E-state index contributed by atoms with van der Waals surface area (Å²) >= 11 is 4.36. The summed E-state index contributed by atoms with van der Waals surface area (Å²) in [7, 11) is 1.57. The lowest BCUT2D eigenvalue weighted by atomic mass is 10.1. The average molecular weight is 448 g/mol. The number of methoxy groups -OCH3 is 1. The molecule has 0 aromatic heterocycles. The highest BCUT2D eigenvalue weighted by Crippen LogP contribution is 2.34. The maximum atomic E-state index is 12.2. The zero-order chi connectivity index (χ0) is 19.4. The molecule has 140 valence electrons. The molecular formula is C20H18BrNO4S. The van der Waals surface area contributed by atoms with E-state index in [0.29, 0.717) is 29.6 Å². The SMILES string of the molecule is CCN1C(=O)SC(=Cc2ccc(OCc3ccc(Br)cc3)c(OC)c2)C1=O. The number of carbonyl (C=O) groups excluding carboxylic acids is 2. The first-order valence-electron chi connectivity index (χ1n) is 8.32. The van der Waals surface area contributed by atoms with Crippen molar-refractivity contribution in [3.63, 3.8) is 0 Å². The predicted molar refractivity (Wildman–Crippen MR) is 110 cm³/mol. The van der Waals surface area contributed by atoms with Gasteiger partial charge in [-0.25, -0.2) is 0 Å². The molecule has 27 heavy (non-hydrogen) atoms. The van der Waals surface area contributed by atoms with E-state index < -0.39 is 0 Å². The Bertz CT molecular complexity index is 895. The first-order valence-corrected chi connectivity index (χ1v) is 9.93. The van der Waals surface area contributed by atoms with E-state index >= 15 is 0 Å². The minimum atomic E-state index is -0.262. The molecule has 1 aliphatic heterocycles. The van der Waals surface area contributed by atoms with Gasteiger partial charge in [-0.05, 0) is 60.2 Å². The van der Waals surface area contributed by atoms with Gasteiger partial charge < -0.3 is 9.47 Å². The molecule has 0 atom stereocenters. The van der Waals surface area contributed by atoms with Crippen molar-refractivity contribution < 1.29 is 19.1 Å². The second-order valence-corrected chi connectivity index (χ2v) is 7.66. The number of nitrogens with zero attached hydrogens (tertiary/aromatic N) is 1. The van der Waals surface area contributed by atoms with Crippen LogP contribution in [0.25, 0.3) is 6.08 Å². The molecule has 0 N–H and O–H groups in total. The van der Waals surface area contributed by atoms with Crippen LogP contribution < -0.4 is 9.47 Å². The van der Waals surface area contributed by atoms with Crippen molar-refractivity contribution in [2.45, 2.75) is 13.5 Å². The van der Waals surface area contributed by atoms with Crippen LogP contribution in [0.5, 0.6) is 11.5 Å². The molecule has 0 spiro atoms. The Morgan fingerprint density at radius 2 is 1.85 bits per heavy atom. The molecule has 1 aliphatic rings. The smallest absolute Gasteiger partial charge is 0.293 e. The normalized spacial score (nSPS) is 15.5. The number of benzene rings is 2. The maximum Gasteiger partial charge on any atom is 0.293 e. The van der Waals surface area contributed by atoms with Gasteiger partial charge in [0.25, 0.3) is 11.1 Å². The minimum Gasteiger partial charge on any atom is -0.493 e. The van der Waals surface area contributed by atoms with Crippen molar-refractivity contribution in [3.8, 4) is 11.5 Å². The predicted octanol–water partition coefficient (Wildman–Crippen LogP) is 5.09. The number of carbonyl (C=O) groups is 2. The lowest BCUT2D eigenvalue weighted by molar-refractivity contribution is -0.122. The molecule has 2 amide bonds. The Balaban J connectivity index is 1.76. The fourth-order valence-electron chi connectivity index (χ4n) is 2.56. The van der Waals surface area contributed by atoms with Crippen LogP contribution >= 0.6 is 27.7 Å². The Kier molecular flexibility index (Phi) is 6.23. The van der Waals surface area contributed by atoms with E-state index in [0.717, 1.165) is 27.4 Å². The van der Waals surface area contributed by atoms with Gasteiger partial charge in [-0.15, -0.1) is 0 Å². The van der Waals surface area contributed by atoms with E-state index in [4.69, 9.17) is 9.47 Å². The molecule has 1 saturated heterocycles. The van der Waals surface area contributed by atoms with E-state index in [1.165, 1.54) is 4.90 Å². The minimum absolute atomic E-state index is 0.241. The van der Waals surface area contributed by atoms with Gasteiger partial charge in [0.1, 0.15) is 6.61 Å². The standard InChI is InChI=1S/C20H18BrNO4S/c1-3-22-19(23)18(27-20(22)24)11-14-6-9-16(17(10-14)25-2)26-12-13-4-7-15(21)8-5-13/h4-11H,3,12H2,1-2H3. The monoisotopic (exact) mass is 447 g/mol. The topological polar surface area (TPSA) is 55.8 Å². The first kappa shape index (κ1) is 19.5. The van der Waals surface area contributed by atoms with Gasteiger partial charge in [0.15, 0.2) is 11.5 Å². The largest absolute Gasteiger partial charge is 0.493 e. The molecule has 1 fully saturated rings. The fourth-order valence-corrected chi connectivity index (χ4v) is 3.73. The molecule has 0 radical (unpaired) electrons. The van der Waals surface area contributed by atoms with Gasteiger partial charge in [-0.3, -0.25) is 14.5 Å². The number of amides is 2. The van der Waals surface area contributed by atoms with Crippen LogP contribution in [0.1, 0.15) is 18.1 Å². The van der Waals surface area contributed by atoms with Crippen LogP contribution in [0.2, 0.25) is 0 Å². The quantitative estimate of drug-likeness (QED) is 0.576. The summed E-state index contributed by atoms with van der Waals surface area (Å²) in [6.45, 7) is 2.56. The van der Waals surface area contributed by atoms with Crippen LogP contribution in [-0.4, -0.2) is 29.7 Å². The maximum absolute atomic E-state index is 12.2. The summed E-state index contributed by atoms with van der Waals surface area (Å²) < 4.78 is 12.3. The number of hydrogen-bond donors (Lipinski definition) is 0. The first-order chi connectivity index (χ1) is 13.0. The molecular weight excluding hydrogens is 430 g/mol. The third-order valence-electron chi connectivity index (χ3n) is 3.98. The van der Waals surface area contributed by atoms with Gasteiger partial charge in [-0.2, -0.15) is 0 Å². The zero-order valence-corrected chi connectivity index (χ0v) is 17.3. The Hall–Kier alpha value is -2.25. The Labute approximate surface area is 170 Å². The van der Waals surface area contributed by atoms with E-state index in [1.807, 2.05) is 30.3 Å². The van der Waals surface area contributed by atoms with Gasteiger partial charge in [0.2, 0.25) is 0 Å². The zero-order valence-electron chi connectivity index (χ0n) is 14.9. The number of ether oxygens (including phenoxy) is 2. The van der Waals surface area contributed by atoms with Gasteiger partial charge in [0.05, 0.1) is 12.0 Å². The molecule has 5 nitrogen and oxygen atoms in total. The number of likely N-dealkylation sites (N-methyl/N-ethyl adjacent to an activating group) is 1. The molecule has 1 heterocycles. The van der Waals surface area contributed by atoms with Crippen molar-refractivity contribution in [2.75, 3.05) is 13.7 Å². The average Bonchev–Trinajstić information content (AvgIpc) is 2.94. The van der Waals surface area contributed by atoms with Crippen molar-refractivity contribution in [2.24, 2.45) is 0 Å². The number of rotatable bonds is 6. The van der Waals surface area contributed by atoms with Gasteiger partial charge in [-0.1, -0.05) is 34.1 Å². The highest BCUT2D eigenvalue weighted by atomic mass is 79.9. The van der Waals surface area contributed by atoms with Crippen molar-refractivity contribution in [1.82, 2.24) is 4.90 Å². The lowest BCUT2D eigenvalue weighted by Crippen LogP contribution is -2.27. The van der Waals surface area contributed by atoms with E-state index in [9.17, 15) is 9.59 Å². The summed E-state index contributed by atoms with van der Waals surface area (Å²) in [5.41, 5.74) is 1.81. The van der Waals surface area contributed by atoms with Gasteiger partial charge in [0, 0.05) is 11.0 Å². The van der Waals surface area contributed by atoms with Crippen LogP contribution in [0, 0.1) is 0 Å². The molecule has 2 aromatic carbocycles. The van der Waals surface area contributed by atoms with Crippen LogP contribution in [0.3, 0.4) is 0 Å². The third-order valence-corrected chi connectivity index (χ3v) is 5.42. The fraction of sp³-hybridized carbons (Fsp3) is 0.200. The molecule has 0 saturated carbocycles. The Morgan fingerprint density at radius 3 is 2.48 bits per heavy atom. The highest BCUT2D eigenvalue weighted by molar-refractivity contribution is 9.10. The van der Waals surface area contributed by atoms with Crippen molar-refractivity contribution in [3.05, 3.63) is 63.0 Å². The van der Waals surface area contributed by atoms with Crippen LogP contribution in [-0.2, 0) is 11.4 Å². The molecule has 2 aromatic rings. The van der Waals surface area contributed by atoms with Crippen LogP contribution in [0.4, 0.5) is 4.79 Å². The number of thioether (sulfide) groups is 1. The number of hydrogen-bond acceptors (Lipinski definition) is 5. The molecule has 7 heteroatoms. The number of halogens is 1. The van der Waals surface area contributed by atoms with E-state index in [1.54, 1.807) is 32.2 Å². The van der Waals surface area contributed by atoms with E-state index in [-0.39, 0.29) is 11.1 Å². The van der Waals surface area contributed by atoms with Crippen molar-refractivity contribution in [1.29, 1.82) is 0 Å². The highest BCUT2D eigenvalue weighted by Gasteiger charge is 2.33. The van der Waals surface area contributed by atoms with Crippen molar-refractivity contribution >= 4 is 44.9 Å². The second kappa shape index (κ2) is 8.63.